The largest absolute Gasteiger partial charge is 0.416 e. The monoisotopic (exact) mass is 341 g/mol. The predicted octanol–water partition coefficient (Wildman–Crippen LogP) is 2.70. The number of benzene rings is 1. The Balaban J connectivity index is 2.36. The van der Waals surface area contributed by atoms with E-state index < -0.39 is 23.2 Å². The minimum atomic E-state index is -4.46. The molecule has 1 amide bonds. The zero-order valence-electron chi connectivity index (χ0n) is 13.5. The molecule has 2 rings (SSSR count). The number of nitrogens with one attached hydrogen (secondary N) is 1. The van der Waals surface area contributed by atoms with Gasteiger partial charge in [0.15, 0.2) is 0 Å². The second kappa shape index (κ2) is 6.27. The Hall–Kier alpha value is -2.35. The van der Waals surface area contributed by atoms with Gasteiger partial charge in [-0.05, 0) is 39.0 Å². The van der Waals surface area contributed by atoms with Gasteiger partial charge in [-0.15, -0.1) is 0 Å². The molecule has 0 aliphatic heterocycles. The molecular weight excluding hydrogens is 323 g/mol. The fourth-order valence-corrected chi connectivity index (χ4v) is 2.12. The molecule has 2 N–H and O–H groups in total. The highest BCUT2D eigenvalue weighted by Crippen LogP contribution is 2.30. The maximum Gasteiger partial charge on any atom is 0.416 e. The molecule has 0 atom stereocenters. The van der Waals surface area contributed by atoms with Gasteiger partial charge in [0, 0.05) is 0 Å². The first-order valence-electron chi connectivity index (χ1n) is 7.21. The summed E-state index contributed by atoms with van der Waals surface area (Å²) in [5.41, 5.74) is -0.762. The van der Waals surface area contributed by atoms with Gasteiger partial charge in [-0.3, -0.25) is 4.79 Å². The summed E-state index contributed by atoms with van der Waals surface area (Å²) in [6.45, 7) is 4.64. The van der Waals surface area contributed by atoms with Crippen molar-refractivity contribution < 1.29 is 23.1 Å². The van der Waals surface area contributed by atoms with Crippen LogP contribution < -0.4 is 5.32 Å². The summed E-state index contributed by atoms with van der Waals surface area (Å²) in [4.78, 5) is 12.3. The fourth-order valence-electron chi connectivity index (χ4n) is 2.12. The molecule has 0 unspecified atom stereocenters. The summed E-state index contributed by atoms with van der Waals surface area (Å²) < 4.78 is 39.7. The summed E-state index contributed by atoms with van der Waals surface area (Å²) >= 11 is 0. The maximum absolute atomic E-state index is 12.8. The molecule has 0 spiro atoms. The number of carbonyl (C=O) groups is 1. The molecule has 0 aliphatic carbocycles. The van der Waals surface area contributed by atoms with Gasteiger partial charge in [0.2, 0.25) is 0 Å². The smallest absolute Gasteiger partial charge is 0.394 e. The maximum atomic E-state index is 12.8. The first kappa shape index (κ1) is 18.0. The summed E-state index contributed by atoms with van der Waals surface area (Å²) in [5.74, 6) is -0.454. The van der Waals surface area contributed by atoms with Crippen LogP contribution >= 0.6 is 0 Å². The van der Waals surface area contributed by atoms with Crippen molar-refractivity contribution in [3.8, 4) is 5.69 Å². The van der Waals surface area contributed by atoms with Crippen LogP contribution in [0.15, 0.2) is 30.5 Å². The number of rotatable bonds is 4. The van der Waals surface area contributed by atoms with Gasteiger partial charge in [-0.1, -0.05) is 6.07 Å². The molecule has 2 aromatic rings. The lowest BCUT2D eigenvalue weighted by molar-refractivity contribution is -0.137. The summed E-state index contributed by atoms with van der Waals surface area (Å²) in [5, 5.41) is 15.9. The molecule has 0 saturated carbocycles. The molecule has 1 aromatic heterocycles. The third-order valence-electron chi connectivity index (χ3n) is 3.52. The first-order chi connectivity index (χ1) is 11.0. The number of aliphatic hydroxyl groups excluding tert-OH is 1. The van der Waals surface area contributed by atoms with Gasteiger partial charge in [0.25, 0.3) is 5.91 Å². The van der Waals surface area contributed by atoms with E-state index in [0.717, 1.165) is 12.1 Å². The van der Waals surface area contributed by atoms with Gasteiger partial charge in [-0.25, -0.2) is 4.68 Å². The molecule has 8 heteroatoms. The molecule has 0 fully saturated rings. The number of nitrogens with zero attached hydrogens (tertiary/aromatic N) is 2. The van der Waals surface area contributed by atoms with Crippen molar-refractivity contribution in [3.63, 3.8) is 0 Å². The van der Waals surface area contributed by atoms with Crippen LogP contribution in [-0.4, -0.2) is 32.9 Å². The van der Waals surface area contributed by atoms with Crippen molar-refractivity contribution in [3.05, 3.63) is 47.3 Å². The summed E-state index contributed by atoms with van der Waals surface area (Å²) in [6.07, 6.45) is -3.17. The van der Waals surface area contributed by atoms with Crippen LogP contribution in [0, 0.1) is 6.92 Å². The number of carbonyl (C=O) groups excluding carboxylic acids is 1. The van der Waals surface area contributed by atoms with E-state index in [9.17, 15) is 23.1 Å². The zero-order chi connectivity index (χ0) is 18.1. The predicted molar refractivity (Wildman–Crippen MR) is 81.9 cm³/mol. The molecule has 5 nitrogen and oxygen atoms in total. The lowest BCUT2D eigenvalue weighted by Crippen LogP contribution is -2.46. The van der Waals surface area contributed by atoms with Crippen LogP contribution in [0.3, 0.4) is 0 Å². The molecule has 24 heavy (non-hydrogen) atoms. The van der Waals surface area contributed by atoms with E-state index in [1.165, 1.54) is 23.0 Å². The number of amides is 1. The van der Waals surface area contributed by atoms with E-state index in [-0.39, 0.29) is 17.9 Å². The summed E-state index contributed by atoms with van der Waals surface area (Å²) in [7, 11) is 0. The molecule has 0 aliphatic rings. The third-order valence-corrected chi connectivity index (χ3v) is 3.52. The number of hydrogen-bond acceptors (Lipinski definition) is 3. The van der Waals surface area contributed by atoms with E-state index in [2.05, 4.69) is 10.4 Å². The Kier molecular flexibility index (Phi) is 4.70. The molecule has 130 valence electrons. The second-order valence-corrected chi connectivity index (χ2v) is 6.10. The Bertz CT molecular complexity index is 751. The van der Waals surface area contributed by atoms with Crippen LogP contribution in [0.4, 0.5) is 13.2 Å². The molecule has 1 aromatic carbocycles. The Morgan fingerprint density at radius 1 is 1.33 bits per heavy atom. The zero-order valence-corrected chi connectivity index (χ0v) is 13.5. The van der Waals surface area contributed by atoms with E-state index in [1.54, 1.807) is 20.8 Å². The average Bonchev–Trinajstić information content (AvgIpc) is 2.88. The number of aromatic nitrogens is 2. The second-order valence-electron chi connectivity index (χ2n) is 6.10. The third kappa shape index (κ3) is 3.76. The number of alkyl halides is 3. The molecule has 1 heterocycles. The highest BCUT2D eigenvalue weighted by atomic mass is 19.4. The summed E-state index contributed by atoms with van der Waals surface area (Å²) in [6, 6.07) is 4.71. The minimum absolute atomic E-state index is 0.211. The number of aliphatic hydroxyl groups is 1. The van der Waals surface area contributed by atoms with E-state index in [1.807, 2.05) is 0 Å². The Morgan fingerprint density at radius 2 is 2.00 bits per heavy atom. The molecule has 0 saturated heterocycles. The first-order valence-corrected chi connectivity index (χ1v) is 7.21. The normalized spacial score (nSPS) is 12.3. The minimum Gasteiger partial charge on any atom is -0.394 e. The SMILES string of the molecule is Cc1c(C(=O)NC(C)(C)CO)cnn1-c1cccc(C(F)(F)F)c1. The van der Waals surface area contributed by atoms with Gasteiger partial charge in [0.1, 0.15) is 0 Å². The Morgan fingerprint density at radius 3 is 2.58 bits per heavy atom. The van der Waals surface area contributed by atoms with Crippen molar-refractivity contribution in [1.82, 2.24) is 15.1 Å². The average molecular weight is 341 g/mol. The molecule has 0 bridgehead atoms. The lowest BCUT2D eigenvalue weighted by atomic mass is 10.1. The fraction of sp³-hybridized carbons (Fsp3) is 0.375. The van der Waals surface area contributed by atoms with Crippen molar-refractivity contribution in [2.24, 2.45) is 0 Å². The van der Waals surface area contributed by atoms with Gasteiger partial charge in [-0.2, -0.15) is 18.3 Å². The highest BCUT2D eigenvalue weighted by molar-refractivity contribution is 5.95. The molecular formula is C16H18F3N3O2. The van der Waals surface area contributed by atoms with Gasteiger partial charge in [0.05, 0.1) is 40.9 Å². The van der Waals surface area contributed by atoms with Gasteiger partial charge >= 0.3 is 6.18 Å². The standard InChI is InChI=1S/C16H18F3N3O2/c1-10-13(14(24)21-15(2,3)9-23)8-20-22(10)12-6-4-5-11(7-12)16(17,18)19/h4-8,23H,9H2,1-3H3,(H,21,24). The highest BCUT2D eigenvalue weighted by Gasteiger charge is 2.31. The molecule has 0 radical (unpaired) electrons. The van der Waals surface area contributed by atoms with E-state index in [4.69, 9.17) is 0 Å². The number of halogens is 3. The van der Waals surface area contributed by atoms with Crippen LogP contribution in [0.5, 0.6) is 0 Å². The van der Waals surface area contributed by atoms with Crippen molar-refractivity contribution in [1.29, 1.82) is 0 Å². The van der Waals surface area contributed by atoms with Crippen LogP contribution in [0.1, 0.15) is 35.5 Å². The quantitative estimate of drug-likeness (QED) is 0.898. The van der Waals surface area contributed by atoms with Crippen molar-refractivity contribution in [2.75, 3.05) is 6.61 Å². The van der Waals surface area contributed by atoms with Crippen LogP contribution in [-0.2, 0) is 6.18 Å². The van der Waals surface area contributed by atoms with Crippen molar-refractivity contribution in [2.45, 2.75) is 32.5 Å². The van der Waals surface area contributed by atoms with E-state index >= 15 is 0 Å². The number of hydrogen-bond donors (Lipinski definition) is 2. The van der Waals surface area contributed by atoms with Crippen LogP contribution in [0.2, 0.25) is 0 Å². The van der Waals surface area contributed by atoms with Crippen molar-refractivity contribution >= 4 is 5.91 Å². The van der Waals surface area contributed by atoms with Crippen LogP contribution in [0.25, 0.3) is 5.69 Å². The Labute approximate surface area is 137 Å². The van der Waals surface area contributed by atoms with E-state index in [0.29, 0.717) is 5.69 Å². The van der Waals surface area contributed by atoms with Gasteiger partial charge < -0.3 is 10.4 Å². The lowest BCUT2D eigenvalue weighted by Gasteiger charge is -2.23. The topological polar surface area (TPSA) is 67.2 Å².